The number of azo groups is 1. The maximum absolute atomic E-state index is 5.81. The molecule has 0 amide bonds. The summed E-state index contributed by atoms with van der Waals surface area (Å²) in [4.78, 5) is 2.03. The Morgan fingerprint density at radius 1 is 0.895 bits per heavy atom. The predicted octanol–water partition coefficient (Wildman–Crippen LogP) is 3.33. The van der Waals surface area contributed by atoms with Crippen LogP contribution in [0.4, 0.5) is 28.4 Å². The number of hydrogen-bond donors (Lipinski definition) is 2. The summed E-state index contributed by atoms with van der Waals surface area (Å²) in [5.41, 5.74) is 15.1. The van der Waals surface area contributed by atoms with Crippen molar-refractivity contribution in [2.45, 2.75) is 0 Å². The highest BCUT2D eigenvalue weighted by Crippen LogP contribution is 2.26. The largest absolute Gasteiger partial charge is 0.399 e. The first-order valence-electron chi connectivity index (χ1n) is 5.90. The van der Waals surface area contributed by atoms with Gasteiger partial charge in [-0.1, -0.05) is 0 Å². The molecule has 0 heterocycles. The summed E-state index contributed by atoms with van der Waals surface area (Å²) in [6.45, 7) is 0. The van der Waals surface area contributed by atoms with Gasteiger partial charge in [-0.15, -0.1) is 5.11 Å². The third kappa shape index (κ3) is 3.22. The molecule has 5 nitrogen and oxygen atoms in total. The molecule has 2 rings (SSSR count). The van der Waals surface area contributed by atoms with Crippen LogP contribution < -0.4 is 16.4 Å². The number of benzene rings is 2. The van der Waals surface area contributed by atoms with Crippen LogP contribution >= 0.6 is 0 Å². The molecule has 0 saturated carbocycles. The van der Waals surface area contributed by atoms with Gasteiger partial charge >= 0.3 is 0 Å². The molecule has 0 spiro atoms. The molecule has 0 aromatic heterocycles. The highest BCUT2D eigenvalue weighted by Gasteiger charge is 1.98. The molecule has 0 aliphatic carbocycles. The van der Waals surface area contributed by atoms with Crippen molar-refractivity contribution in [3.05, 3.63) is 42.5 Å². The zero-order chi connectivity index (χ0) is 13.8. The fraction of sp³-hybridized carbons (Fsp3) is 0.143. The molecule has 98 valence electrons. The summed E-state index contributed by atoms with van der Waals surface area (Å²) < 4.78 is 0. The molecular formula is C14H17N5. The van der Waals surface area contributed by atoms with Crippen LogP contribution in [0.5, 0.6) is 0 Å². The molecule has 0 fully saturated rings. The minimum absolute atomic E-state index is 0.522. The van der Waals surface area contributed by atoms with Crippen molar-refractivity contribution < 1.29 is 0 Å². The molecule has 0 bridgehead atoms. The van der Waals surface area contributed by atoms with Crippen LogP contribution in [0.2, 0.25) is 0 Å². The number of rotatable bonds is 3. The lowest BCUT2D eigenvalue weighted by Gasteiger charge is -2.11. The molecule has 5 heteroatoms. The van der Waals surface area contributed by atoms with Crippen LogP contribution in [0.25, 0.3) is 0 Å². The molecule has 0 radical (unpaired) electrons. The smallest absolute Gasteiger partial charge is 0.109 e. The van der Waals surface area contributed by atoms with Gasteiger partial charge in [0.1, 0.15) is 5.69 Å². The van der Waals surface area contributed by atoms with Crippen LogP contribution in [0, 0.1) is 0 Å². The van der Waals surface area contributed by atoms with E-state index in [4.69, 9.17) is 11.5 Å². The van der Waals surface area contributed by atoms with Gasteiger partial charge in [0.25, 0.3) is 0 Å². The van der Waals surface area contributed by atoms with Crippen molar-refractivity contribution in [1.29, 1.82) is 0 Å². The molecule has 19 heavy (non-hydrogen) atoms. The van der Waals surface area contributed by atoms with Gasteiger partial charge in [-0.2, -0.15) is 5.11 Å². The minimum atomic E-state index is 0.522. The molecule has 0 aliphatic rings. The van der Waals surface area contributed by atoms with E-state index in [1.807, 2.05) is 43.3 Å². The van der Waals surface area contributed by atoms with Crippen LogP contribution in [-0.4, -0.2) is 14.1 Å². The minimum Gasteiger partial charge on any atom is -0.399 e. The predicted molar refractivity (Wildman–Crippen MR) is 80.2 cm³/mol. The van der Waals surface area contributed by atoms with Gasteiger partial charge in [0.2, 0.25) is 0 Å². The molecule has 2 aromatic carbocycles. The summed E-state index contributed by atoms with van der Waals surface area (Å²) >= 11 is 0. The summed E-state index contributed by atoms with van der Waals surface area (Å²) in [7, 11) is 3.98. The SMILES string of the molecule is CN(C)c1ccc(N=Nc2ccc(N)cc2N)cc1. The van der Waals surface area contributed by atoms with E-state index >= 15 is 0 Å². The van der Waals surface area contributed by atoms with Gasteiger partial charge in [-0.25, -0.2) is 0 Å². The van der Waals surface area contributed by atoms with Crippen LogP contribution in [0.3, 0.4) is 0 Å². The Kier molecular flexibility index (Phi) is 3.66. The highest BCUT2D eigenvalue weighted by molar-refractivity contribution is 5.67. The van der Waals surface area contributed by atoms with E-state index in [0.717, 1.165) is 11.4 Å². The van der Waals surface area contributed by atoms with Gasteiger partial charge in [-0.05, 0) is 42.5 Å². The Hall–Kier alpha value is -2.56. The van der Waals surface area contributed by atoms with E-state index in [-0.39, 0.29) is 0 Å². The summed E-state index contributed by atoms with van der Waals surface area (Å²) in [6.07, 6.45) is 0. The Morgan fingerprint density at radius 2 is 1.58 bits per heavy atom. The molecule has 0 unspecified atom stereocenters. The molecular weight excluding hydrogens is 238 g/mol. The Labute approximate surface area is 112 Å². The summed E-state index contributed by atoms with van der Waals surface area (Å²) in [6, 6.07) is 13.0. The van der Waals surface area contributed by atoms with Crippen molar-refractivity contribution in [2.24, 2.45) is 10.2 Å². The molecule has 4 N–H and O–H groups in total. The van der Waals surface area contributed by atoms with E-state index in [1.165, 1.54) is 0 Å². The van der Waals surface area contributed by atoms with Gasteiger partial charge in [0, 0.05) is 25.5 Å². The van der Waals surface area contributed by atoms with Gasteiger partial charge < -0.3 is 16.4 Å². The van der Waals surface area contributed by atoms with Crippen LogP contribution in [0.1, 0.15) is 0 Å². The number of hydrogen-bond acceptors (Lipinski definition) is 5. The average Bonchev–Trinajstić information content (AvgIpc) is 2.38. The quantitative estimate of drug-likeness (QED) is 0.652. The third-order valence-electron chi connectivity index (χ3n) is 2.69. The van der Waals surface area contributed by atoms with Gasteiger partial charge in [-0.3, -0.25) is 0 Å². The molecule has 0 atom stereocenters. The summed E-state index contributed by atoms with van der Waals surface area (Å²) in [5, 5.41) is 8.28. The van der Waals surface area contributed by atoms with E-state index in [9.17, 15) is 0 Å². The second-order valence-corrected chi connectivity index (χ2v) is 4.43. The average molecular weight is 255 g/mol. The lowest BCUT2D eigenvalue weighted by molar-refractivity contribution is 1.13. The first-order valence-corrected chi connectivity index (χ1v) is 5.90. The Morgan fingerprint density at radius 3 is 2.16 bits per heavy atom. The zero-order valence-electron chi connectivity index (χ0n) is 11.0. The van der Waals surface area contributed by atoms with Crippen molar-refractivity contribution in [2.75, 3.05) is 30.5 Å². The van der Waals surface area contributed by atoms with Crippen molar-refractivity contribution in [3.63, 3.8) is 0 Å². The third-order valence-corrected chi connectivity index (χ3v) is 2.69. The lowest BCUT2D eigenvalue weighted by Crippen LogP contribution is -2.07. The van der Waals surface area contributed by atoms with E-state index < -0.39 is 0 Å². The zero-order valence-corrected chi connectivity index (χ0v) is 11.0. The normalized spacial score (nSPS) is 10.8. The number of nitrogen functional groups attached to an aromatic ring is 2. The topological polar surface area (TPSA) is 80.0 Å². The first-order chi connectivity index (χ1) is 9.06. The monoisotopic (exact) mass is 255 g/mol. The highest BCUT2D eigenvalue weighted by atomic mass is 15.1. The molecule has 0 aliphatic heterocycles. The van der Waals surface area contributed by atoms with E-state index in [0.29, 0.717) is 17.1 Å². The van der Waals surface area contributed by atoms with E-state index in [1.54, 1.807) is 18.2 Å². The van der Waals surface area contributed by atoms with Crippen LogP contribution in [-0.2, 0) is 0 Å². The Bertz CT molecular complexity index is 587. The maximum Gasteiger partial charge on any atom is 0.109 e. The van der Waals surface area contributed by atoms with Gasteiger partial charge in [0.15, 0.2) is 0 Å². The fourth-order valence-electron chi connectivity index (χ4n) is 1.59. The molecule has 0 saturated heterocycles. The van der Waals surface area contributed by atoms with Crippen molar-refractivity contribution in [3.8, 4) is 0 Å². The number of anilines is 3. The van der Waals surface area contributed by atoms with Crippen molar-refractivity contribution in [1.82, 2.24) is 0 Å². The molecule has 2 aromatic rings. The standard InChI is InChI=1S/C14H17N5/c1-19(2)12-6-4-11(5-7-12)17-18-14-8-3-10(15)9-13(14)16/h3-9H,15-16H2,1-2H3. The summed E-state index contributed by atoms with van der Waals surface area (Å²) in [5.74, 6) is 0. The fourth-order valence-corrected chi connectivity index (χ4v) is 1.59. The second-order valence-electron chi connectivity index (χ2n) is 4.43. The van der Waals surface area contributed by atoms with Crippen molar-refractivity contribution >= 4 is 28.4 Å². The second kappa shape index (κ2) is 5.39. The Balaban J connectivity index is 2.18. The van der Waals surface area contributed by atoms with Gasteiger partial charge in [0.05, 0.1) is 11.4 Å². The lowest BCUT2D eigenvalue weighted by atomic mass is 10.2. The number of nitrogens with two attached hydrogens (primary N) is 2. The first kappa shape index (κ1) is 12.9. The maximum atomic E-state index is 5.81. The van der Waals surface area contributed by atoms with Crippen LogP contribution in [0.15, 0.2) is 52.7 Å². The number of nitrogens with zero attached hydrogens (tertiary/aromatic N) is 3. The van der Waals surface area contributed by atoms with E-state index in [2.05, 4.69) is 10.2 Å².